The number of rotatable bonds is 4. The van der Waals surface area contributed by atoms with Gasteiger partial charge in [0.2, 0.25) is 5.95 Å². The van der Waals surface area contributed by atoms with E-state index >= 15 is 0 Å². The first kappa shape index (κ1) is 17.6. The second kappa shape index (κ2) is 7.08. The van der Waals surface area contributed by atoms with Crippen molar-refractivity contribution in [2.45, 2.75) is 12.0 Å². The molecule has 5 nitrogen and oxygen atoms in total. The molecule has 0 aliphatic carbocycles. The molecule has 1 aromatic heterocycles. The molecule has 0 saturated carbocycles. The van der Waals surface area contributed by atoms with E-state index in [1.807, 2.05) is 26.2 Å². The second-order valence-electron chi connectivity index (χ2n) is 7.08. The van der Waals surface area contributed by atoms with E-state index in [-0.39, 0.29) is 23.6 Å². The predicted octanol–water partition coefficient (Wildman–Crippen LogP) is 3.28. The molecule has 0 radical (unpaired) electrons. The molecule has 4 rings (SSSR count). The normalized spacial score (nSPS) is 19.8. The monoisotopic (exact) mass is 369 g/mol. The first-order valence-electron chi connectivity index (χ1n) is 8.86. The Hall–Kier alpha value is -2.80. The summed E-state index contributed by atoms with van der Waals surface area (Å²) in [6.07, 6.45) is 0. The van der Waals surface area contributed by atoms with Gasteiger partial charge in [-0.2, -0.15) is 4.98 Å². The SMILES string of the molecule is CN(C)C1CN(c2n[nH]c(-c3ccc(F)cc3)n2)CC1c1ccc(F)cc1. The van der Waals surface area contributed by atoms with Gasteiger partial charge in [-0.15, -0.1) is 5.10 Å². The summed E-state index contributed by atoms with van der Waals surface area (Å²) in [6, 6.07) is 13.1. The molecular formula is C20H21F2N5. The molecule has 0 amide bonds. The summed E-state index contributed by atoms with van der Waals surface area (Å²) in [6.45, 7) is 1.52. The van der Waals surface area contributed by atoms with Crippen LogP contribution >= 0.6 is 0 Å². The topological polar surface area (TPSA) is 48.0 Å². The Labute approximate surface area is 156 Å². The Bertz CT molecular complexity index is 905. The van der Waals surface area contributed by atoms with Crippen molar-refractivity contribution in [1.29, 1.82) is 0 Å². The zero-order valence-electron chi connectivity index (χ0n) is 15.2. The Morgan fingerprint density at radius 3 is 2.22 bits per heavy atom. The molecule has 1 saturated heterocycles. The van der Waals surface area contributed by atoms with Crippen molar-refractivity contribution in [3.63, 3.8) is 0 Å². The molecule has 1 aliphatic heterocycles. The highest BCUT2D eigenvalue weighted by molar-refractivity contribution is 5.56. The smallest absolute Gasteiger partial charge is 0.245 e. The molecule has 2 aromatic carbocycles. The maximum absolute atomic E-state index is 13.3. The van der Waals surface area contributed by atoms with Crippen LogP contribution in [0, 0.1) is 11.6 Å². The summed E-state index contributed by atoms with van der Waals surface area (Å²) in [7, 11) is 4.10. The third kappa shape index (κ3) is 3.55. The van der Waals surface area contributed by atoms with Crippen LogP contribution in [0.3, 0.4) is 0 Å². The summed E-state index contributed by atoms with van der Waals surface area (Å²) in [5, 5.41) is 7.29. The number of anilines is 1. The predicted molar refractivity (Wildman–Crippen MR) is 101 cm³/mol. The van der Waals surface area contributed by atoms with Gasteiger partial charge in [0, 0.05) is 30.6 Å². The van der Waals surface area contributed by atoms with Gasteiger partial charge >= 0.3 is 0 Å². The van der Waals surface area contributed by atoms with Crippen LogP contribution in [0.25, 0.3) is 11.4 Å². The van der Waals surface area contributed by atoms with Gasteiger partial charge in [-0.05, 0) is 56.1 Å². The van der Waals surface area contributed by atoms with Gasteiger partial charge in [-0.3, -0.25) is 5.10 Å². The van der Waals surface area contributed by atoms with Crippen LogP contribution in [0.4, 0.5) is 14.7 Å². The number of halogens is 2. The lowest BCUT2D eigenvalue weighted by atomic mass is 9.94. The van der Waals surface area contributed by atoms with E-state index in [2.05, 4.69) is 25.0 Å². The summed E-state index contributed by atoms with van der Waals surface area (Å²) < 4.78 is 26.4. The molecule has 27 heavy (non-hydrogen) atoms. The number of hydrogen-bond acceptors (Lipinski definition) is 4. The van der Waals surface area contributed by atoms with E-state index in [1.54, 1.807) is 12.1 Å². The average Bonchev–Trinajstić information content (AvgIpc) is 3.30. The standard InChI is InChI=1S/C20H21F2N5/c1-26(2)18-12-27(11-17(18)13-3-7-15(21)8-4-13)20-23-19(24-25-20)14-5-9-16(22)10-6-14/h3-10,17-18H,11-12H2,1-2H3,(H,23,24,25). The van der Waals surface area contributed by atoms with Gasteiger partial charge in [0.25, 0.3) is 0 Å². The minimum absolute atomic E-state index is 0.229. The van der Waals surface area contributed by atoms with Crippen LogP contribution in [0.5, 0.6) is 0 Å². The number of nitrogens with one attached hydrogen (secondary N) is 1. The van der Waals surface area contributed by atoms with Crippen LogP contribution in [-0.2, 0) is 0 Å². The quantitative estimate of drug-likeness (QED) is 0.767. The lowest BCUT2D eigenvalue weighted by Crippen LogP contribution is -2.34. The zero-order chi connectivity index (χ0) is 19.0. The molecule has 7 heteroatoms. The number of aromatic nitrogens is 3. The van der Waals surface area contributed by atoms with Crippen LogP contribution in [0.15, 0.2) is 48.5 Å². The van der Waals surface area contributed by atoms with Crippen LogP contribution in [0.2, 0.25) is 0 Å². The Kier molecular flexibility index (Phi) is 4.61. The molecule has 1 fully saturated rings. The Morgan fingerprint density at radius 2 is 1.59 bits per heavy atom. The first-order valence-corrected chi connectivity index (χ1v) is 8.86. The Balaban J connectivity index is 1.58. The van der Waals surface area contributed by atoms with E-state index in [0.717, 1.165) is 24.2 Å². The maximum Gasteiger partial charge on any atom is 0.245 e. The van der Waals surface area contributed by atoms with Crippen molar-refractivity contribution < 1.29 is 8.78 Å². The van der Waals surface area contributed by atoms with Crippen molar-refractivity contribution in [2.75, 3.05) is 32.1 Å². The molecule has 2 atom stereocenters. The van der Waals surface area contributed by atoms with Gasteiger partial charge in [0.05, 0.1) is 0 Å². The molecule has 2 unspecified atom stereocenters. The summed E-state index contributed by atoms with van der Waals surface area (Å²) in [5.74, 6) is 0.942. The first-order chi connectivity index (χ1) is 13.0. The fraction of sp³-hybridized carbons (Fsp3) is 0.300. The van der Waals surface area contributed by atoms with Gasteiger partial charge in [-0.1, -0.05) is 12.1 Å². The van der Waals surface area contributed by atoms with E-state index in [9.17, 15) is 8.78 Å². The zero-order valence-corrected chi connectivity index (χ0v) is 15.2. The number of aromatic amines is 1. The molecule has 1 aliphatic rings. The lowest BCUT2D eigenvalue weighted by Gasteiger charge is -2.25. The summed E-state index contributed by atoms with van der Waals surface area (Å²) in [5.41, 5.74) is 1.89. The van der Waals surface area contributed by atoms with E-state index in [0.29, 0.717) is 11.8 Å². The maximum atomic E-state index is 13.3. The molecule has 1 N–H and O–H groups in total. The largest absolute Gasteiger partial charge is 0.337 e. The van der Waals surface area contributed by atoms with Crippen molar-refractivity contribution in [3.05, 3.63) is 65.7 Å². The van der Waals surface area contributed by atoms with Gasteiger partial charge in [0.1, 0.15) is 11.6 Å². The van der Waals surface area contributed by atoms with Crippen LogP contribution < -0.4 is 4.90 Å². The van der Waals surface area contributed by atoms with Crippen molar-refractivity contribution in [1.82, 2.24) is 20.1 Å². The number of hydrogen-bond donors (Lipinski definition) is 1. The van der Waals surface area contributed by atoms with E-state index in [1.165, 1.54) is 24.3 Å². The number of H-pyrrole nitrogens is 1. The Morgan fingerprint density at radius 1 is 0.963 bits per heavy atom. The molecule has 0 spiro atoms. The second-order valence-corrected chi connectivity index (χ2v) is 7.08. The van der Waals surface area contributed by atoms with E-state index < -0.39 is 0 Å². The van der Waals surface area contributed by atoms with Crippen molar-refractivity contribution in [2.24, 2.45) is 0 Å². The summed E-state index contributed by atoms with van der Waals surface area (Å²) >= 11 is 0. The highest BCUT2D eigenvalue weighted by Crippen LogP contribution is 2.32. The third-order valence-corrected chi connectivity index (χ3v) is 5.12. The van der Waals surface area contributed by atoms with Crippen LogP contribution in [-0.4, -0.2) is 53.3 Å². The fourth-order valence-electron chi connectivity index (χ4n) is 3.64. The molecule has 3 aromatic rings. The van der Waals surface area contributed by atoms with Crippen molar-refractivity contribution >= 4 is 5.95 Å². The number of likely N-dealkylation sites (N-methyl/N-ethyl adjacent to an activating group) is 1. The van der Waals surface area contributed by atoms with Crippen LogP contribution in [0.1, 0.15) is 11.5 Å². The van der Waals surface area contributed by atoms with E-state index in [4.69, 9.17) is 0 Å². The van der Waals surface area contributed by atoms with Gasteiger partial charge < -0.3 is 9.80 Å². The highest BCUT2D eigenvalue weighted by atomic mass is 19.1. The highest BCUT2D eigenvalue weighted by Gasteiger charge is 2.36. The number of nitrogens with zero attached hydrogens (tertiary/aromatic N) is 4. The number of benzene rings is 2. The lowest BCUT2D eigenvalue weighted by molar-refractivity contribution is 0.292. The third-order valence-electron chi connectivity index (χ3n) is 5.12. The van der Waals surface area contributed by atoms with Gasteiger partial charge in [-0.25, -0.2) is 8.78 Å². The average molecular weight is 369 g/mol. The molecule has 2 heterocycles. The molecular weight excluding hydrogens is 348 g/mol. The van der Waals surface area contributed by atoms with Crippen molar-refractivity contribution in [3.8, 4) is 11.4 Å². The molecule has 0 bridgehead atoms. The summed E-state index contributed by atoms with van der Waals surface area (Å²) in [4.78, 5) is 8.90. The van der Waals surface area contributed by atoms with Gasteiger partial charge in [0.15, 0.2) is 5.82 Å². The fourth-order valence-corrected chi connectivity index (χ4v) is 3.64. The molecule has 140 valence electrons. The minimum Gasteiger partial charge on any atom is -0.337 e. The minimum atomic E-state index is -0.283.